The number of carbonyl (C=O) groups is 1. The van der Waals surface area contributed by atoms with Crippen LogP contribution in [0.15, 0.2) is 71.9 Å². The Morgan fingerprint density at radius 3 is 2.79 bits per heavy atom. The number of hydrogen-bond acceptors (Lipinski definition) is 4. The lowest BCUT2D eigenvalue weighted by Gasteiger charge is -2.38. The second-order valence-corrected chi connectivity index (χ2v) is 7.70. The Morgan fingerprint density at radius 1 is 1.07 bits per heavy atom. The molecule has 0 amide bonds. The van der Waals surface area contributed by atoms with Crippen molar-refractivity contribution in [2.45, 2.75) is 31.7 Å². The number of carbonyl (C=O) groups excluding carboxylic acids is 1. The number of pyridine rings is 1. The van der Waals surface area contributed by atoms with E-state index in [1.807, 2.05) is 36.5 Å². The van der Waals surface area contributed by atoms with Crippen LogP contribution >= 0.6 is 0 Å². The van der Waals surface area contributed by atoms with E-state index in [0.29, 0.717) is 0 Å². The number of aromatic nitrogens is 1. The smallest absolute Gasteiger partial charge is 0.184 e. The molecule has 144 valence electrons. The van der Waals surface area contributed by atoms with E-state index >= 15 is 0 Å². The van der Waals surface area contributed by atoms with Gasteiger partial charge in [0.15, 0.2) is 5.78 Å². The van der Waals surface area contributed by atoms with E-state index in [2.05, 4.69) is 47.6 Å². The van der Waals surface area contributed by atoms with Crippen molar-refractivity contribution in [1.82, 2.24) is 4.98 Å². The fraction of sp³-hybridized carbons (Fsp3) is 0.240. The van der Waals surface area contributed by atoms with Crippen molar-refractivity contribution in [2.75, 3.05) is 11.9 Å². The van der Waals surface area contributed by atoms with Crippen LogP contribution in [0, 0.1) is 0 Å². The first-order valence-electron chi connectivity index (χ1n) is 10.2. The minimum Gasteiger partial charge on any atom is -0.375 e. The first-order valence-corrected chi connectivity index (χ1v) is 10.2. The second kappa shape index (κ2) is 7.28. The number of aryl methyl sites for hydroxylation is 1. The maximum Gasteiger partial charge on any atom is 0.184 e. The van der Waals surface area contributed by atoms with Crippen LogP contribution in [0.1, 0.15) is 58.0 Å². The van der Waals surface area contributed by atoms with Crippen molar-refractivity contribution in [3.63, 3.8) is 0 Å². The molecular weight excluding hydrogens is 358 g/mol. The summed E-state index contributed by atoms with van der Waals surface area (Å²) in [5, 5.41) is 3.68. The molecule has 2 aliphatic rings. The predicted molar refractivity (Wildman–Crippen MR) is 116 cm³/mol. The molecule has 1 aromatic heterocycles. The number of anilines is 1. The SMILES string of the molecule is CCCc1cccc(C2C3=NCC(=O)c4cccc(c43)NC2c2ccccn2)c1. The quantitative estimate of drug-likeness (QED) is 0.694. The molecule has 5 rings (SSSR count). The van der Waals surface area contributed by atoms with Crippen LogP contribution in [0.5, 0.6) is 0 Å². The molecule has 0 spiro atoms. The van der Waals surface area contributed by atoms with Gasteiger partial charge in [0, 0.05) is 23.0 Å². The van der Waals surface area contributed by atoms with E-state index < -0.39 is 0 Å². The van der Waals surface area contributed by atoms with Crippen molar-refractivity contribution < 1.29 is 4.79 Å². The molecule has 0 fully saturated rings. The zero-order valence-corrected chi connectivity index (χ0v) is 16.4. The zero-order valence-electron chi connectivity index (χ0n) is 16.4. The van der Waals surface area contributed by atoms with Gasteiger partial charge in [0.25, 0.3) is 0 Å². The number of ketones is 1. The average Bonchev–Trinajstić information content (AvgIpc) is 2.77. The first kappa shape index (κ1) is 17.8. The van der Waals surface area contributed by atoms with E-state index in [0.717, 1.165) is 41.1 Å². The zero-order chi connectivity index (χ0) is 19.8. The van der Waals surface area contributed by atoms with Crippen LogP contribution in [0.4, 0.5) is 5.69 Å². The third kappa shape index (κ3) is 3.05. The van der Waals surface area contributed by atoms with Gasteiger partial charge in [-0.15, -0.1) is 0 Å². The van der Waals surface area contributed by atoms with Gasteiger partial charge < -0.3 is 5.32 Å². The van der Waals surface area contributed by atoms with Gasteiger partial charge in [0.2, 0.25) is 0 Å². The van der Waals surface area contributed by atoms with Gasteiger partial charge >= 0.3 is 0 Å². The summed E-state index contributed by atoms with van der Waals surface area (Å²) in [5.74, 6) is 0.0885. The summed E-state index contributed by atoms with van der Waals surface area (Å²) in [6.07, 6.45) is 3.99. The Morgan fingerprint density at radius 2 is 1.97 bits per heavy atom. The molecule has 3 heterocycles. The molecule has 3 aromatic rings. The summed E-state index contributed by atoms with van der Waals surface area (Å²) in [4.78, 5) is 22.0. The maximum absolute atomic E-state index is 12.5. The highest BCUT2D eigenvalue weighted by Gasteiger charge is 2.39. The van der Waals surface area contributed by atoms with E-state index in [4.69, 9.17) is 4.99 Å². The highest BCUT2D eigenvalue weighted by Crippen LogP contribution is 2.44. The van der Waals surface area contributed by atoms with Crippen LogP contribution < -0.4 is 5.32 Å². The van der Waals surface area contributed by atoms with Crippen LogP contribution in [-0.2, 0) is 6.42 Å². The van der Waals surface area contributed by atoms with Gasteiger partial charge in [0.1, 0.15) is 6.54 Å². The molecule has 0 aliphatic carbocycles. The fourth-order valence-corrected chi connectivity index (χ4v) is 4.55. The molecule has 2 aliphatic heterocycles. The summed E-state index contributed by atoms with van der Waals surface area (Å²) in [7, 11) is 0. The van der Waals surface area contributed by atoms with E-state index in [1.54, 1.807) is 0 Å². The Kier molecular flexibility index (Phi) is 4.47. The van der Waals surface area contributed by atoms with E-state index in [1.165, 1.54) is 11.1 Å². The number of hydrogen-bond donors (Lipinski definition) is 1. The normalized spacial score (nSPS) is 19.9. The molecule has 0 saturated heterocycles. The summed E-state index contributed by atoms with van der Waals surface area (Å²) in [5.41, 5.74) is 7.22. The third-order valence-electron chi connectivity index (χ3n) is 5.81. The van der Waals surface area contributed by atoms with Crippen LogP contribution in [0.3, 0.4) is 0 Å². The number of rotatable bonds is 4. The van der Waals surface area contributed by atoms with Crippen molar-refractivity contribution in [2.24, 2.45) is 4.99 Å². The number of nitrogens with zero attached hydrogens (tertiary/aromatic N) is 2. The molecule has 29 heavy (non-hydrogen) atoms. The van der Waals surface area contributed by atoms with Crippen LogP contribution in [-0.4, -0.2) is 23.0 Å². The number of benzene rings is 2. The molecule has 0 bridgehead atoms. The van der Waals surface area contributed by atoms with E-state index in [-0.39, 0.29) is 24.3 Å². The first-order chi connectivity index (χ1) is 14.3. The lowest BCUT2D eigenvalue weighted by Crippen LogP contribution is -2.36. The van der Waals surface area contributed by atoms with Gasteiger partial charge in [0.05, 0.1) is 23.4 Å². The second-order valence-electron chi connectivity index (χ2n) is 7.70. The van der Waals surface area contributed by atoms with Crippen molar-refractivity contribution in [1.29, 1.82) is 0 Å². The molecule has 1 N–H and O–H groups in total. The monoisotopic (exact) mass is 381 g/mol. The Labute approximate surface area is 170 Å². The van der Waals surface area contributed by atoms with Crippen molar-refractivity contribution in [3.05, 3.63) is 94.8 Å². The Hall–Kier alpha value is -3.27. The van der Waals surface area contributed by atoms with Crippen molar-refractivity contribution >= 4 is 17.2 Å². The Balaban J connectivity index is 1.71. The van der Waals surface area contributed by atoms with Gasteiger partial charge in [-0.05, 0) is 35.7 Å². The number of nitrogens with one attached hydrogen (secondary N) is 1. The summed E-state index contributed by atoms with van der Waals surface area (Å²) in [6.45, 7) is 2.41. The largest absolute Gasteiger partial charge is 0.375 e. The van der Waals surface area contributed by atoms with Crippen LogP contribution in [0.2, 0.25) is 0 Å². The molecule has 0 saturated carbocycles. The van der Waals surface area contributed by atoms with Crippen molar-refractivity contribution in [3.8, 4) is 0 Å². The lowest BCUT2D eigenvalue weighted by atomic mass is 9.76. The van der Waals surface area contributed by atoms with Gasteiger partial charge in [-0.2, -0.15) is 0 Å². The highest BCUT2D eigenvalue weighted by molar-refractivity contribution is 6.21. The summed E-state index contributed by atoms with van der Waals surface area (Å²) in [6, 6.07) is 20.7. The topological polar surface area (TPSA) is 54.4 Å². The molecule has 0 radical (unpaired) electrons. The molecule has 4 nitrogen and oxygen atoms in total. The molecule has 2 aromatic carbocycles. The summed E-state index contributed by atoms with van der Waals surface area (Å²) >= 11 is 0. The molecule has 2 atom stereocenters. The minimum atomic E-state index is -0.0391. The molecule has 4 heteroatoms. The standard InChI is InChI=1S/C25H23N3O/c1-2-7-16-8-5-9-17(14-16)22-24(20-11-3-4-13-26-20)28-19-12-6-10-18-21(29)15-27-25(22)23(18)19/h3-6,8-14,22,24,28H,2,7,15H2,1H3. The number of Topliss-reactive ketones (excluding diaryl/α,β-unsaturated/α-hetero) is 1. The maximum atomic E-state index is 12.5. The fourth-order valence-electron chi connectivity index (χ4n) is 4.55. The van der Waals surface area contributed by atoms with Crippen LogP contribution in [0.25, 0.3) is 0 Å². The molecular formula is C25H23N3O. The number of aliphatic imine (C=N–C) groups is 1. The third-order valence-corrected chi connectivity index (χ3v) is 5.81. The van der Waals surface area contributed by atoms with Gasteiger partial charge in [-0.1, -0.05) is 55.8 Å². The predicted octanol–water partition coefficient (Wildman–Crippen LogP) is 4.97. The summed E-state index contributed by atoms with van der Waals surface area (Å²) < 4.78 is 0. The molecule has 2 unspecified atom stereocenters. The van der Waals surface area contributed by atoms with Gasteiger partial charge in [-0.3, -0.25) is 14.8 Å². The van der Waals surface area contributed by atoms with Gasteiger partial charge in [-0.25, -0.2) is 0 Å². The Bertz CT molecular complexity index is 1100. The average molecular weight is 381 g/mol. The minimum absolute atomic E-state index is 0.00320. The van der Waals surface area contributed by atoms with E-state index in [9.17, 15) is 4.79 Å². The highest BCUT2D eigenvalue weighted by atomic mass is 16.1. The lowest BCUT2D eigenvalue weighted by molar-refractivity contribution is 0.1000.